The van der Waals surface area contributed by atoms with E-state index in [-0.39, 0.29) is 6.04 Å². The van der Waals surface area contributed by atoms with E-state index in [0.717, 1.165) is 23.6 Å². The molecule has 1 saturated heterocycles. The first-order valence-corrected chi connectivity index (χ1v) is 7.20. The zero-order chi connectivity index (χ0) is 12.4. The second-order valence-electron chi connectivity index (χ2n) is 4.41. The minimum absolute atomic E-state index is 0.190. The summed E-state index contributed by atoms with van der Waals surface area (Å²) in [5.41, 5.74) is 2.21. The molecule has 4 nitrogen and oxygen atoms in total. The normalized spacial score (nSPS) is 19.9. The standard InChI is InChI=1S/C13H15N3OS/c1-9-3-2-4-10(7-9)12-15-13(17-16-12)11-8-18-6-5-14-11/h2-4,7,11,14H,5-6,8H2,1H3. The van der Waals surface area contributed by atoms with E-state index in [1.165, 1.54) is 5.56 Å². The van der Waals surface area contributed by atoms with E-state index in [1.54, 1.807) is 0 Å². The van der Waals surface area contributed by atoms with Gasteiger partial charge in [-0.05, 0) is 13.0 Å². The zero-order valence-electron chi connectivity index (χ0n) is 10.2. The molecule has 0 saturated carbocycles. The molecule has 1 aromatic carbocycles. The lowest BCUT2D eigenvalue weighted by Gasteiger charge is -2.19. The number of hydrogen-bond donors (Lipinski definition) is 1. The number of aromatic nitrogens is 2. The largest absolute Gasteiger partial charge is 0.337 e. The highest BCUT2D eigenvalue weighted by molar-refractivity contribution is 7.99. The van der Waals surface area contributed by atoms with Gasteiger partial charge in [0.2, 0.25) is 11.7 Å². The van der Waals surface area contributed by atoms with Crippen LogP contribution in [0.2, 0.25) is 0 Å². The molecular formula is C13H15N3OS. The van der Waals surface area contributed by atoms with Crippen molar-refractivity contribution in [3.63, 3.8) is 0 Å². The number of rotatable bonds is 2. The maximum atomic E-state index is 5.36. The minimum atomic E-state index is 0.190. The van der Waals surface area contributed by atoms with Gasteiger partial charge in [-0.2, -0.15) is 16.7 Å². The number of nitrogens with zero attached hydrogens (tertiary/aromatic N) is 2. The molecule has 0 amide bonds. The van der Waals surface area contributed by atoms with E-state index in [0.29, 0.717) is 11.7 Å². The van der Waals surface area contributed by atoms with Crippen molar-refractivity contribution in [3.05, 3.63) is 35.7 Å². The van der Waals surface area contributed by atoms with Crippen LogP contribution >= 0.6 is 11.8 Å². The van der Waals surface area contributed by atoms with Crippen molar-refractivity contribution >= 4 is 11.8 Å². The van der Waals surface area contributed by atoms with E-state index in [4.69, 9.17) is 4.52 Å². The Labute approximate surface area is 110 Å². The van der Waals surface area contributed by atoms with Crippen LogP contribution in [-0.4, -0.2) is 28.2 Å². The van der Waals surface area contributed by atoms with E-state index in [2.05, 4.69) is 34.5 Å². The molecule has 1 unspecified atom stereocenters. The van der Waals surface area contributed by atoms with Crippen LogP contribution in [0.25, 0.3) is 11.4 Å². The van der Waals surface area contributed by atoms with Gasteiger partial charge in [-0.1, -0.05) is 28.9 Å². The Morgan fingerprint density at radius 3 is 3.17 bits per heavy atom. The van der Waals surface area contributed by atoms with Gasteiger partial charge in [-0.25, -0.2) is 0 Å². The Kier molecular flexibility index (Phi) is 3.34. The highest BCUT2D eigenvalue weighted by Crippen LogP contribution is 2.23. The third-order valence-corrected chi connectivity index (χ3v) is 4.00. The molecule has 5 heteroatoms. The lowest BCUT2D eigenvalue weighted by Crippen LogP contribution is -2.30. The van der Waals surface area contributed by atoms with Crippen LogP contribution in [0.1, 0.15) is 17.5 Å². The molecule has 2 aromatic rings. The summed E-state index contributed by atoms with van der Waals surface area (Å²) in [5, 5.41) is 7.46. The monoisotopic (exact) mass is 261 g/mol. The zero-order valence-corrected chi connectivity index (χ0v) is 11.0. The van der Waals surface area contributed by atoms with Gasteiger partial charge in [0.05, 0.1) is 6.04 Å². The van der Waals surface area contributed by atoms with E-state index in [9.17, 15) is 0 Å². The lowest BCUT2D eigenvalue weighted by atomic mass is 10.1. The van der Waals surface area contributed by atoms with Gasteiger partial charge in [0.15, 0.2) is 0 Å². The van der Waals surface area contributed by atoms with E-state index < -0.39 is 0 Å². The quantitative estimate of drug-likeness (QED) is 0.899. The van der Waals surface area contributed by atoms with Crippen LogP contribution in [0.5, 0.6) is 0 Å². The SMILES string of the molecule is Cc1cccc(-c2noc(C3CSCCN3)n2)c1. The maximum absolute atomic E-state index is 5.36. The van der Waals surface area contributed by atoms with Crippen LogP contribution in [0.3, 0.4) is 0 Å². The van der Waals surface area contributed by atoms with E-state index >= 15 is 0 Å². The summed E-state index contributed by atoms with van der Waals surface area (Å²) in [5.74, 6) is 3.51. The fraction of sp³-hybridized carbons (Fsp3) is 0.385. The predicted molar refractivity (Wildman–Crippen MR) is 72.5 cm³/mol. The van der Waals surface area contributed by atoms with Crippen LogP contribution in [0.15, 0.2) is 28.8 Å². The smallest absolute Gasteiger partial charge is 0.244 e. The Morgan fingerprint density at radius 1 is 1.44 bits per heavy atom. The number of aryl methyl sites for hydroxylation is 1. The average Bonchev–Trinajstić information content (AvgIpc) is 2.89. The molecule has 0 bridgehead atoms. The van der Waals surface area contributed by atoms with Crippen LogP contribution < -0.4 is 5.32 Å². The van der Waals surface area contributed by atoms with E-state index in [1.807, 2.05) is 23.9 Å². The van der Waals surface area contributed by atoms with Crippen molar-refractivity contribution in [1.29, 1.82) is 0 Å². The van der Waals surface area contributed by atoms with Crippen LogP contribution in [0.4, 0.5) is 0 Å². The van der Waals surface area contributed by atoms with Gasteiger partial charge in [-0.3, -0.25) is 0 Å². The summed E-state index contributed by atoms with van der Waals surface area (Å²) in [4.78, 5) is 4.49. The second-order valence-corrected chi connectivity index (χ2v) is 5.56. The minimum Gasteiger partial charge on any atom is -0.337 e. The first-order valence-electron chi connectivity index (χ1n) is 6.05. The summed E-state index contributed by atoms with van der Waals surface area (Å²) in [6.45, 7) is 3.06. The van der Waals surface area contributed by atoms with Gasteiger partial charge in [-0.15, -0.1) is 0 Å². The van der Waals surface area contributed by atoms with Crippen molar-refractivity contribution in [2.24, 2.45) is 0 Å². The maximum Gasteiger partial charge on any atom is 0.244 e. The Balaban J connectivity index is 1.84. The second kappa shape index (κ2) is 5.12. The lowest BCUT2D eigenvalue weighted by molar-refractivity contribution is 0.342. The van der Waals surface area contributed by atoms with Gasteiger partial charge in [0.25, 0.3) is 0 Å². The topological polar surface area (TPSA) is 51.0 Å². The molecular weight excluding hydrogens is 246 g/mol. The molecule has 18 heavy (non-hydrogen) atoms. The molecule has 2 heterocycles. The predicted octanol–water partition coefficient (Wildman–Crippen LogP) is 2.42. The molecule has 0 aliphatic carbocycles. The van der Waals surface area contributed by atoms with Crippen molar-refractivity contribution < 1.29 is 4.52 Å². The average molecular weight is 261 g/mol. The third kappa shape index (κ3) is 2.42. The first kappa shape index (κ1) is 11.7. The molecule has 94 valence electrons. The Bertz CT molecular complexity index is 535. The molecule has 0 spiro atoms. The fourth-order valence-corrected chi connectivity index (χ4v) is 2.93. The summed E-state index contributed by atoms with van der Waals surface area (Å²) in [6.07, 6.45) is 0. The van der Waals surface area contributed by atoms with Crippen molar-refractivity contribution in [1.82, 2.24) is 15.5 Å². The third-order valence-electron chi connectivity index (χ3n) is 2.94. The molecule has 3 rings (SSSR count). The van der Waals surface area contributed by atoms with Gasteiger partial charge >= 0.3 is 0 Å². The van der Waals surface area contributed by atoms with Crippen molar-refractivity contribution in [3.8, 4) is 11.4 Å². The summed E-state index contributed by atoms with van der Waals surface area (Å²) in [6, 6.07) is 8.33. The number of nitrogens with one attached hydrogen (secondary N) is 1. The van der Waals surface area contributed by atoms with Crippen molar-refractivity contribution in [2.45, 2.75) is 13.0 Å². The molecule has 1 N–H and O–H groups in total. The number of thioether (sulfide) groups is 1. The number of benzene rings is 1. The summed E-state index contributed by atoms with van der Waals surface area (Å²) >= 11 is 1.92. The Hall–Kier alpha value is -1.33. The highest BCUT2D eigenvalue weighted by atomic mass is 32.2. The molecule has 1 aliphatic rings. The Morgan fingerprint density at radius 2 is 2.39 bits per heavy atom. The van der Waals surface area contributed by atoms with Gasteiger partial charge in [0, 0.05) is 23.6 Å². The van der Waals surface area contributed by atoms with Crippen molar-refractivity contribution in [2.75, 3.05) is 18.1 Å². The molecule has 1 aliphatic heterocycles. The summed E-state index contributed by atoms with van der Waals surface area (Å²) < 4.78 is 5.36. The van der Waals surface area contributed by atoms with Crippen LogP contribution in [0, 0.1) is 6.92 Å². The fourth-order valence-electron chi connectivity index (χ4n) is 2.00. The molecule has 1 aromatic heterocycles. The molecule has 1 atom stereocenters. The highest BCUT2D eigenvalue weighted by Gasteiger charge is 2.21. The number of hydrogen-bond acceptors (Lipinski definition) is 5. The first-order chi connectivity index (χ1) is 8.83. The summed E-state index contributed by atoms with van der Waals surface area (Å²) in [7, 11) is 0. The van der Waals surface area contributed by atoms with Crippen LogP contribution in [-0.2, 0) is 0 Å². The van der Waals surface area contributed by atoms with Gasteiger partial charge < -0.3 is 9.84 Å². The molecule has 0 radical (unpaired) electrons. The van der Waals surface area contributed by atoms with Gasteiger partial charge in [0.1, 0.15) is 0 Å². The molecule has 1 fully saturated rings.